The molecule has 3 heterocycles. The van der Waals surface area contributed by atoms with Crippen LogP contribution in [0.25, 0.3) is 10.4 Å². The predicted octanol–water partition coefficient (Wildman–Crippen LogP) is 5.62. The summed E-state index contributed by atoms with van der Waals surface area (Å²) in [6, 6.07) is -0.270. The standard InChI is InChI=1S/C47H85N5O14/c1-26(2)65-47(20-17-16-18-21-47)66-50-36-27(3)24-45(10,59-15)41(64-43-37(53)33(52(12)13)23-28(4)60-43)30(6)38(63-35-25-44(9,58-14)40(55)32(8)61-35)31(7)42(56)62-34(19-22-49-51-48)46(11,57)39(54)29(36)5/h26-35,37-41,43,53-55,57H,16-25H2,1-15H3/b50-36+/t27-,28?,29+,30+,31-,32?,33?,34-,35?,37?,38+,39-,40?,41-,43?,44?,45-,46-/m1/s1/i53T,55T. The zero-order valence-electron chi connectivity index (χ0n) is 44.3. The summed E-state index contributed by atoms with van der Waals surface area (Å²) < 4.78 is 68.3. The van der Waals surface area contributed by atoms with Crippen molar-refractivity contribution in [1.29, 1.82) is 2.86 Å². The number of likely N-dealkylation sites (N-methyl/N-ethyl adjacent to an activating group) is 1. The normalized spacial score (nSPS) is 44.2. The molecule has 66 heavy (non-hydrogen) atoms. The minimum absolute atomic E-state index is 0.102. The van der Waals surface area contributed by atoms with Crippen molar-refractivity contribution in [2.45, 2.75) is 230 Å². The van der Waals surface area contributed by atoms with Gasteiger partial charge in [0.05, 0.1) is 59.5 Å². The lowest BCUT2D eigenvalue weighted by atomic mass is 9.73. The van der Waals surface area contributed by atoms with Gasteiger partial charge in [-0.1, -0.05) is 37.5 Å². The van der Waals surface area contributed by atoms with Crippen molar-refractivity contribution < 1.29 is 68.0 Å². The maximum absolute atomic E-state index is 14.8. The number of methoxy groups -OCH3 is 2. The molecule has 0 spiro atoms. The molecule has 0 radical (unpaired) electrons. The molecule has 0 aromatic heterocycles. The Hall–Kier alpha value is -2.23. The molecule has 382 valence electrons. The van der Waals surface area contributed by atoms with Gasteiger partial charge < -0.3 is 68.1 Å². The van der Waals surface area contributed by atoms with E-state index < -0.39 is 108 Å². The fourth-order valence-corrected chi connectivity index (χ4v) is 10.7. The van der Waals surface area contributed by atoms with Crippen LogP contribution in [0, 0.1) is 23.7 Å². The molecule has 4 rings (SSSR count). The smallest absolute Gasteiger partial charge is 0.311 e. The highest BCUT2D eigenvalue weighted by atomic mass is 16.8. The number of oxime groups is 1. The number of esters is 1. The van der Waals surface area contributed by atoms with E-state index >= 15 is 0 Å². The second-order valence-corrected chi connectivity index (χ2v) is 20.8. The monoisotopic (exact) mass is 948 g/mol. The summed E-state index contributed by atoms with van der Waals surface area (Å²) in [5.41, 5.74) is 5.16. The molecule has 3 aliphatic heterocycles. The third-order valence-electron chi connectivity index (χ3n) is 14.8. The summed E-state index contributed by atoms with van der Waals surface area (Å²) in [4.78, 5) is 26.2. The molecule has 19 nitrogen and oxygen atoms in total. The predicted molar refractivity (Wildman–Crippen MR) is 245 cm³/mol. The van der Waals surface area contributed by atoms with E-state index in [-0.39, 0.29) is 44.1 Å². The molecule has 4 fully saturated rings. The Labute approximate surface area is 396 Å². The summed E-state index contributed by atoms with van der Waals surface area (Å²) in [5.74, 6) is -5.21. The van der Waals surface area contributed by atoms with Gasteiger partial charge in [-0.25, -0.2) is 0 Å². The Kier molecular flexibility index (Phi) is 19.0. The van der Waals surface area contributed by atoms with Crippen LogP contribution in [0.2, 0.25) is 0 Å². The van der Waals surface area contributed by atoms with Crippen molar-refractivity contribution in [2.24, 2.45) is 33.9 Å². The van der Waals surface area contributed by atoms with E-state index in [0.29, 0.717) is 25.0 Å². The van der Waals surface area contributed by atoms with Crippen LogP contribution in [0.4, 0.5) is 0 Å². The van der Waals surface area contributed by atoms with Crippen LogP contribution in [-0.2, 0) is 47.5 Å². The maximum atomic E-state index is 14.8. The Morgan fingerprint density at radius 2 is 1.61 bits per heavy atom. The minimum atomic E-state index is -2.13. The number of azide groups is 1. The molecule has 19 heteroatoms. The van der Waals surface area contributed by atoms with Crippen LogP contribution in [0.3, 0.4) is 0 Å². The van der Waals surface area contributed by atoms with Crippen LogP contribution in [0.1, 0.15) is 134 Å². The first-order chi connectivity index (χ1) is 31.9. The molecule has 0 bridgehead atoms. The number of ether oxygens (including phenoxy) is 8. The van der Waals surface area contributed by atoms with Crippen LogP contribution >= 0.6 is 0 Å². The molecule has 3 saturated heterocycles. The highest BCUT2D eigenvalue weighted by molar-refractivity contribution is 5.88. The maximum Gasteiger partial charge on any atom is 0.311 e. The summed E-state index contributed by atoms with van der Waals surface area (Å²) in [6.45, 7) is 19.6. The van der Waals surface area contributed by atoms with Gasteiger partial charge in [0, 0.05) is 68.7 Å². The van der Waals surface area contributed by atoms with Crippen molar-refractivity contribution in [3.05, 3.63) is 10.4 Å². The Bertz CT molecular complexity index is 1670. The molecule has 4 N–H and O–H groups in total. The Balaban J connectivity index is 1.99. The molecule has 1 saturated carbocycles. The van der Waals surface area contributed by atoms with Crippen molar-refractivity contribution >= 4 is 11.7 Å². The molecule has 0 aromatic carbocycles. The van der Waals surface area contributed by atoms with E-state index in [0.717, 1.165) is 19.3 Å². The summed E-state index contributed by atoms with van der Waals surface area (Å²) in [6.07, 6.45) is -5.37. The van der Waals surface area contributed by atoms with Crippen molar-refractivity contribution in [3.8, 4) is 0 Å². The Morgan fingerprint density at radius 1 is 0.939 bits per heavy atom. The van der Waals surface area contributed by atoms with Gasteiger partial charge in [0.1, 0.15) is 23.9 Å². The third kappa shape index (κ3) is 13.1. The highest BCUT2D eigenvalue weighted by Gasteiger charge is 2.54. The van der Waals surface area contributed by atoms with E-state index in [1.165, 1.54) is 14.0 Å². The zero-order valence-corrected chi connectivity index (χ0v) is 42.3. The van der Waals surface area contributed by atoms with Gasteiger partial charge in [-0.3, -0.25) is 4.79 Å². The van der Waals surface area contributed by atoms with Crippen LogP contribution in [0.15, 0.2) is 10.3 Å². The van der Waals surface area contributed by atoms with E-state index in [1.54, 1.807) is 34.8 Å². The second-order valence-electron chi connectivity index (χ2n) is 20.8. The Morgan fingerprint density at radius 3 is 2.18 bits per heavy atom. The van der Waals surface area contributed by atoms with Gasteiger partial charge in [-0.2, -0.15) is 0 Å². The molecule has 8 unspecified atom stereocenters. The molecule has 0 aromatic rings. The van der Waals surface area contributed by atoms with E-state index in [2.05, 4.69) is 10.0 Å². The molecular weight excluding hydrogens is 859 g/mol. The van der Waals surface area contributed by atoms with Gasteiger partial charge in [0.25, 0.3) is 0 Å². The van der Waals surface area contributed by atoms with Gasteiger partial charge in [0.2, 0.25) is 8.65 Å². The number of rotatable bonds is 16. The van der Waals surface area contributed by atoms with Crippen LogP contribution < -0.4 is 0 Å². The van der Waals surface area contributed by atoms with Crippen molar-refractivity contribution in [3.63, 3.8) is 0 Å². The average molecular weight is 948 g/mol. The summed E-state index contributed by atoms with van der Waals surface area (Å²) >= 11 is 0. The largest absolute Gasteiger partial charge is 0.459 e. The average Bonchev–Trinajstić information content (AvgIpc) is 3.28. The SMILES string of the molecule is [3H]OC1C(O[C@@H]2[C@@H](C)[C@H](OC3CC(C)(OC)C(O[3H])C(C)O3)[C@@H](C)C(=O)O[C@H](CCN=[N+]=[N-])[C@@](C)(O)[C@H](O)[C@@H](C)/C(=N/OC3(OC(C)C)CCCCC3)[C@H](C)C[C@@]2(C)OC)OC(C)CC1N(C)C. The number of carbonyl (C=O) groups is 1. The van der Waals surface area contributed by atoms with Gasteiger partial charge in [0.15, 0.2) is 12.6 Å². The van der Waals surface area contributed by atoms with Gasteiger partial charge >= 0.3 is 5.97 Å². The molecule has 4 aliphatic rings. The number of carbonyl (C=O) groups excluding carboxylic acids is 1. The quantitative estimate of drug-likeness (QED) is 0.0366. The van der Waals surface area contributed by atoms with Crippen LogP contribution in [0.5, 0.6) is 0 Å². The second kappa shape index (κ2) is 23.6. The fraction of sp³-hybridized carbons (Fsp3) is 0.957. The number of hydrogen-bond donors (Lipinski definition) is 4. The van der Waals surface area contributed by atoms with E-state index in [9.17, 15) is 20.5 Å². The number of cyclic esters (lactones) is 1. The molecule has 0 amide bonds. The topological polar surface area (TPSA) is 245 Å². The first-order valence-corrected chi connectivity index (χ1v) is 24.1. The summed E-state index contributed by atoms with van der Waals surface area (Å²) in [5, 5.41) is 43.9. The van der Waals surface area contributed by atoms with Gasteiger partial charge in [-0.05, 0) is 107 Å². The first-order valence-electron chi connectivity index (χ1n) is 24.9. The fourth-order valence-electron chi connectivity index (χ4n) is 10.7. The lowest BCUT2D eigenvalue weighted by Gasteiger charge is -2.50. The number of hydrogen-bond acceptors (Lipinski definition) is 17. The third-order valence-corrected chi connectivity index (χ3v) is 14.8. The molecule has 1 aliphatic carbocycles. The minimum Gasteiger partial charge on any atom is -0.459 e. The molecular formula is C47H85N5O14. The van der Waals surface area contributed by atoms with E-state index in [1.807, 2.05) is 60.5 Å². The lowest BCUT2D eigenvalue weighted by molar-refractivity contribution is -0.319. The lowest BCUT2D eigenvalue weighted by Crippen LogP contribution is -2.61. The molecule has 18 atom stereocenters. The number of aliphatic hydroxyl groups is 4. The van der Waals surface area contributed by atoms with Gasteiger partial charge in [-0.15, -0.1) is 0 Å². The van der Waals surface area contributed by atoms with Crippen molar-refractivity contribution in [1.82, 2.24) is 4.90 Å². The first kappa shape index (κ1) is 53.1. The van der Waals surface area contributed by atoms with Crippen LogP contribution in [-0.4, -0.2) is 171 Å². The zero-order chi connectivity index (χ0) is 50.9. The van der Waals surface area contributed by atoms with E-state index in [4.69, 9.17) is 61.0 Å². The highest BCUT2D eigenvalue weighted by Crippen LogP contribution is 2.43. The van der Waals surface area contributed by atoms with Crippen molar-refractivity contribution in [2.75, 3.05) is 34.9 Å². The number of aliphatic hydroxyl groups excluding tert-OH is 3. The summed E-state index contributed by atoms with van der Waals surface area (Å²) in [7, 11) is 6.89. The number of nitrogens with zero attached hydrogens (tertiary/aromatic N) is 5.